The lowest BCUT2D eigenvalue weighted by Crippen LogP contribution is -2.24. The smallest absolute Gasteiger partial charge is 0.252 e. The van der Waals surface area contributed by atoms with Crippen LogP contribution in [0.3, 0.4) is 0 Å². The summed E-state index contributed by atoms with van der Waals surface area (Å²) >= 11 is 0. The van der Waals surface area contributed by atoms with Gasteiger partial charge in [-0.3, -0.25) is 4.79 Å². The number of hydrogen-bond donors (Lipinski definition) is 4. The van der Waals surface area contributed by atoms with E-state index in [0.29, 0.717) is 12.2 Å². The van der Waals surface area contributed by atoms with Crippen LogP contribution in [0.2, 0.25) is 0 Å². The van der Waals surface area contributed by atoms with Gasteiger partial charge in [-0.2, -0.15) is 0 Å². The number of amides is 1. The zero-order valence-corrected chi connectivity index (χ0v) is 8.64. The molecule has 0 saturated carbocycles. The minimum absolute atomic E-state index is 0.00376. The van der Waals surface area contributed by atoms with Crippen molar-refractivity contribution in [3.63, 3.8) is 0 Å². The molecule has 0 bridgehead atoms. The van der Waals surface area contributed by atoms with Gasteiger partial charge in [0.05, 0.1) is 17.5 Å². The first kappa shape index (κ1) is 11.7. The number of nitrogens with two attached hydrogens (primary N) is 4. The highest BCUT2D eigenvalue weighted by Crippen LogP contribution is 2.10. The number of carbonyl (C=O) groups is 1. The number of carbonyl (C=O) groups excluding carboxylic acids is 1. The Morgan fingerprint density at radius 2 is 2.06 bits per heavy atom. The Kier molecular flexibility index (Phi) is 3.60. The quantitative estimate of drug-likeness (QED) is 0.394. The highest BCUT2D eigenvalue weighted by Gasteiger charge is 2.12. The topological polar surface area (TPSA) is 134 Å². The lowest BCUT2D eigenvalue weighted by Gasteiger charge is -2.07. The van der Waals surface area contributed by atoms with Gasteiger partial charge in [0, 0.05) is 18.3 Å². The first-order chi connectivity index (χ1) is 7.56. The van der Waals surface area contributed by atoms with Crippen LogP contribution < -0.4 is 22.9 Å². The van der Waals surface area contributed by atoms with E-state index in [1.165, 1.54) is 6.26 Å². The Labute approximate surface area is 92.6 Å². The summed E-state index contributed by atoms with van der Waals surface area (Å²) < 4.78 is 5.09. The Hall–Kier alpha value is -2.37. The van der Waals surface area contributed by atoms with E-state index >= 15 is 0 Å². The maximum atomic E-state index is 11.0. The van der Waals surface area contributed by atoms with Gasteiger partial charge in [-0.1, -0.05) is 0 Å². The van der Waals surface area contributed by atoms with Gasteiger partial charge in [-0.05, 0) is 12.1 Å². The number of furan rings is 1. The second kappa shape index (κ2) is 4.92. The molecule has 0 aliphatic carbocycles. The first-order valence-electron chi connectivity index (χ1n) is 4.54. The molecular formula is C10H14N4O2. The summed E-state index contributed by atoms with van der Waals surface area (Å²) in [7, 11) is 0. The van der Waals surface area contributed by atoms with Crippen molar-refractivity contribution in [2.24, 2.45) is 22.9 Å². The maximum absolute atomic E-state index is 11.0. The van der Waals surface area contributed by atoms with Crippen molar-refractivity contribution in [2.45, 2.75) is 6.42 Å². The van der Waals surface area contributed by atoms with Crippen molar-refractivity contribution in [1.29, 1.82) is 0 Å². The standard InChI is InChI=1S/C10H14N4O2/c11-5-7(10(14)15)9(13)8(12)4-6-2-1-3-16-6/h1-3,5H,4,11-13H2,(H2,14,15)/b7-5+,9-8+. The van der Waals surface area contributed by atoms with Gasteiger partial charge in [0.15, 0.2) is 0 Å². The summed E-state index contributed by atoms with van der Waals surface area (Å²) in [6.07, 6.45) is 2.85. The largest absolute Gasteiger partial charge is 0.469 e. The van der Waals surface area contributed by atoms with E-state index in [-0.39, 0.29) is 17.0 Å². The van der Waals surface area contributed by atoms with E-state index < -0.39 is 5.91 Å². The molecule has 6 nitrogen and oxygen atoms in total. The van der Waals surface area contributed by atoms with Crippen molar-refractivity contribution < 1.29 is 9.21 Å². The van der Waals surface area contributed by atoms with Gasteiger partial charge in [0.2, 0.25) is 0 Å². The molecule has 0 aliphatic heterocycles. The van der Waals surface area contributed by atoms with Gasteiger partial charge in [0.25, 0.3) is 5.91 Å². The molecule has 86 valence electrons. The summed E-state index contributed by atoms with van der Waals surface area (Å²) in [4.78, 5) is 11.0. The molecule has 0 unspecified atom stereocenters. The van der Waals surface area contributed by atoms with E-state index in [1.807, 2.05) is 0 Å². The van der Waals surface area contributed by atoms with Crippen molar-refractivity contribution in [2.75, 3.05) is 0 Å². The summed E-state index contributed by atoms with van der Waals surface area (Å²) in [5.41, 5.74) is 22.0. The average Bonchev–Trinajstić information content (AvgIpc) is 2.70. The van der Waals surface area contributed by atoms with E-state index in [9.17, 15) is 4.79 Å². The predicted octanol–water partition coefficient (Wildman–Crippen LogP) is -0.721. The minimum atomic E-state index is -0.720. The Balaban J connectivity index is 2.91. The molecule has 8 N–H and O–H groups in total. The molecule has 1 heterocycles. The van der Waals surface area contributed by atoms with E-state index in [1.54, 1.807) is 12.1 Å². The Morgan fingerprint density at radius 1 is 1.38 bits per heavy atom. The molecule has 0 aliphatic rings. The van der Waals surface area contributed by atoms with Crippen LogP contribution in [0.5, 0.6) is 0 Å². The second-order valence-electron chi connectivity index (χ2n) is 3.14. The average molecular weight is 222 g/mol. The highest BCUT2D eigenvalue weighted by atomic mass is 16.3. The van der Waals surface area contributed by atoms with E-state index in [4.69, 9.17) is 27.4 Å². The van der Waals surface area contributed by atoms with Crippen LogP contribution >= 0.6 is 0 Å². The monoisotopic (exact) mass is 222 g/mol. The summed E-state index contributed by atoms with van der Waals surface area (Å²) in [6.45, 7) is 0. The maximum Gasteiger partial charge on any atom is 0.252 e. The van der Waals surface area contributed by atoms with Crippen LogP contribution in [0.1, 0.15) is 5.76 Å². The van der Waals surface area contributed by atoms with Crippen LogP contribution in [0.25, 0.3) is 0 Å². The summed E-state index contributed by atoms with van der Waals surface area (Å²) in [6, 6.07) is 3.48. The van der Waals surface area contributed by atoms with Crippen LogP contribution in [-0.2, 0) is 11.2 Å². The molecule has 1 rings (SSSR count). The van der Waals surface area contributed by atoms with Gasteiger partial charge < -0.3 is 27.4 Å². The van der Waals surface area contributed by atoms with Crippen LogP contribution in [0, 0.1) is 0 Å². The Morgan fingerprint density at radius 3 is 2.50 bits per heavy atom. The number of hydrogen-bond acceptors (Lipinski definition) is 5. The van der Waals surface area contributed by atoms with Crippen molar-refractivity contribution in [3.8, 4) is 0 Å². The van der Waals surface area contributed by atoms with E-state index in [2.05, 4.69) is 0 Å². The molecule has 1 amide bonds. The normalized spacial score (nSPS) is 13.4. The van der Waals surface area contributed by atoms with Crippen molar-refractivity contribution in [3.05, 3.63) is 47.3 Å². The molecule has 0 aromatic carbocycles. The fourth-order valence-electron chi connectivity index (χ4n) is 1.17. The zero-order chi connectivity index (χ0) is 12.1. The minimum Gasteiger partial charge on any atom is -0.469 e. The zero-order valence-electron chi connectivity index (χ0n) is 8.64. The number of primary amides is 1. The third-order valence-electron chi connectivity index (χ3n) is 2.01. The molecule has 16 heavy (non-hydrogen) atoms. The van der Waals surface area contributed by atoms with Crippen LogP contribution in [0.15, 0.2) is 46.0 Å². The lowest BCUT2D eigenvalue weighted by molar-refractivity contribution is -0.114. The molecule has 0 atom stereocenters. The third kappa shape index (κ3) is 2.57. The molecule has 1 aromatic rings. The molecule has 0 saturated heterocycles. The summed E-state index contributed by atoms with van der Waals surface area (Å²) in [5.74, 6) is -0.0799. The molecule has 0 spiro atoms. The molecule has 1 aromatic heterocycles. The second-order valence-corrected chi connectivity index (χ2v) is 3.14. The van der Waals surface area contributed by atoms with Gasteiger partial charge in [0.1, 0.15) is 5.76 Å². The van der Waals surface area contributed by atoms with E-state index in [0.717, 1.165) is 6.20 Å². The van der Waals surface area contributed by atoms with Gasteiger partial charge >= 0.3 is 0 Å². The summed E-state index contributed by atoms with van der Waals surface area (Å²) in [5, 5.41) is 0. The van der Waals surface area contributed by atoms with Crippen molar-refractivity contribution in [1.82, 2.24) is 0 Å². The highest BCUT2D eigenvalue weighted by molar-refractivity contribution is 5.96. The Bertz CT molecular complexity index is 432. The number of allylic oxidation sites excluding steroid dienone is 1. The van der Waals surface area contributed by atoms with Crippen LogP contribution in [-0.4, -0.2) is 5.91 Å². The number of rotatable bonds is 4. The molecular weight excluding hydrogens is 208 g/mol. The third-order valence-corrected chi connectivity index (χ3v) is 2.01. The lowest BCUT2D eigenvalue weighted by atomic mass is 10.1. The molecule has 6 heteroatoms. The van der Waals surface area contributed by atoms with Crippen molar-refractivity contribution >= 4 is 5.91 Å². The predicted molar refractivity (Wildman–Crippen MR) is 59.3 cm³/mol. The SMILES string of the molecule is N/C=C(C(N)=O)\C(N)=C(/N)Cc1ccco1. The fourth-order valence-corrected chi connectivity index (χ4v) is 1.17. The van der Waals surface area contributed by atoms with Gasteiger partial charge in [-0.15, -0.1) is 0 Å². The van der Waals surface area contributed by atoms with Gasteiger partial charge in [-0.25, -0.2) is 0 Å². The first-order valence-corrected chi connectivity index (χ1v) is 4.54. The molecule has 0 fully saturated rings. The fraction of sp³-hybridized carbons (Fsp3) is 0.100. The molecule has 0 radical (unpaired) electrons. The van der Waals surface area contributed by atoms with Crippen LogP contribution in [0.4, 0.5) is 0 Å².